The van der Waals surface area contributed by atoms with E-state index in [-0.39, 0.29) is 11.7 Å². The molecule has 0 amide bonds. The lowest BCUT2D eigenvalue weighted by Crippen LogP contribution is -2.41. The van der Waals surface area contributed by atoms with Crippen molar-refractivity contribution in [2.75, 3.05) is 38.2 Å². The number of hydrogen-bond acceptors (Lipinski definition) is 6. The zero-order chi connectivity index (χ0) is 17.6. The van der Waals surface area contributed by atoms with E-state index in [4.69, 9.17) is 16.3 Å². The van der Waals surface area contributed by atoms with E-state index in [9.17, 15) is 10.1 Å². The molecule has 25 heavy (non-hydrogen) atoms. The number of rotatable bonds is 6. The Bertz CT molecular complexity index is 720. The quantitative estimate of drug-likeness (QED) is 0.628. The van der Waals surface area contributed by atoms with Crippen molar-refractivity contribution in [1.82, 2.24) is 9.88 Å². The molecule has 1 N–H and O–H groups in total. The van der Waals surface area contributed by atoms with Gasteiger partial charge in [-0.1, -0.05) is 29.8 Å². The number of nitro groups is 1. The van der Waals surface area contributed by atoms with Gasteiger partial charge in [0.25, 0.3) is 5.69 Å². The first-order chi connectivity index (χ1) is 12.1. The largest absolute Gasteiger partial charge is 0.379 e. The van der Waals surface area contributed by atoms with Crippen LogP contribution in [0.5, 0.6) is 0 Å². The van der Waals surface area contributed by atoms with Crippen LogP contribution in [-0.4, -0.2) is 47.7 Å². The van der Waals surface area contributed by atoms with E-state index in [1.165, 1.54) is 12.3 Å². The third-order valence-electron chi connectivity index (χ3n) is 4.19. The van der Waals surface area contributed by atoms with Crippen molar-refractivity contribution in [3.63, 3.8) is 0 Å². The van der Waals surface area contributed by atoms with E-state index in [2.05, 4.69) is 15.2 Å². The Labute approximate surface area is 150 Å². The molecule has 0 saturated carbocycles. The van der Waals surface area contributed by atoms with E-state index in [1.54, 1.807) is 6.07 Å². The molecule has 2 aromatic rings. The first kappa shape index (κ1) is 17.6. The van der Waals surface area contributed by atoms with Gasteiger partial charge in [0.15, 0.2) is 0 Å². The van der Waals surface area contributed by atoms with E-state index >= 15 is 0 Å². The summed E-state index contributed by atoms with van der Waals surface area (Å²) in [6, 6.07) is 10.9. The molecule has 1 fully saturated rings. The van der Waals surface area contributed by atoms with Crippen LogP contribution in [0.25, 0.3) is 0 Å². The van der Waals surface area contributed by atoms with Gasteiger partial charge in [-0.05, 0) is 17.7 Å². The number of halogens is 1. The van der Waals surface area contributed by atoms with E-state index in [0.717, 1.165) is 23.7 Å². The molecule has 0 aliphatic carbocycles. The summed E-state index contributed by atoms with van der Waals surface area (Å²) in [6.45, 7) is 3.62. The van der Waals surface area contributed by atoms with E-state index < -0.39 is 4.92 Å². The van der Waals surface area contributed by atoms with Gasteiger partial charge in [0, 0.05) is 30.7 Å². The Kier molecular flexibility index (Phi) is 5.80. The van der Waals surface area contributed by atoms with Crippen molar-refractivity contribution < 1.29 is 9.66 Å². The smallest absolute Gasteiger partial charge is 0.287 e. The normalized spacial score (nSPS) is 16.4. The number of anilines is 1. The van der Waals surface area contributed by atoms with Crippen LogP contribution in [-0.2, 0) is 4.74 Å². The predicted molar refractivity (Wildman–Crippen MR) is 96.0 cm³/mol. The molecule has 0 bridgehead atoms. The van der Waals surface area contributed by atoms with Crippen LogP contribution < -0.4 is 5.32 Å². The molecule has 7 nitrogen and oxygen atoms in total. The maximum atomic E-state index is 10.7. The van der Waals surface area contributed by atoms with Crippen LogP contribution in [0.1, 0.15) is 11.6 Å². The van der Waals surface area contributed by atoms with Crippen LogP contribution in [0.4, 0.5) is 11.5 Å². The second-order valence-corrected chi connectivity index (χ2v) is 6.13. The summed E-state index contributed by atoms with van der Waals surface area (Å²) in [6.07, 6.45) is 1.25. The zero-order valence-electron chi connectivity index (χ0n) is 13.6. The van der Waals surface area contributed by atoms with Crippen LogP contribution in [0.15, 0.2) is 42.6 Å². The van der Waals surface area contributed by atoms with Crippen molar-refractivity contribution >= 4 is 23.1 Å². The molecule has 1 atom stereocenters. The molecule has 1 aromatic carbocycles. The molecule has 0 radical (unpaired) electrons. The fourth-order valence-corrected chi connectivity index (χ4v) is 3.13. The van der Waals surface area contributed by atoms with E-state index in [0.29, 0.717) is 25.6 Å². The Morgan fingerprint density at radius 1 is 1.28 bits per heavy atom. The Hall–Kier alpha value is -2.22. The minimum Gasteiger partial charge on any atom is -0.379 e. The van der Waals surface area contributed by atoms with Gasteiger partial charge >= 0.3 is 0 Å². The lowest BCUT2D eigenvalue weighted by atomic mass is 10.0. The number of nitrogens with one attached hydrogen (secondary N) is 1. The second kappa shape index (κ2) is 8.24. The molecule has 2 heterocycles. The molecule has 0 unspecified atom stereocenters. The van der Waals surface area contributed by atoms with Crippen molar-refractivity contribution in [1.29, 1.82) is 0 Å². The van der Waals surface area contributed by atoms with Gasteiger partial charge in [-0.25, -0.2) is 4.98 Å². The Balaban J connectivity index is 1.75. The van der Waals surface area contributed by atoms with Crippen LogP contribution >= 0.6 is 11.6 Å². The number of pyridine rings is 1. The van der Waals surface area contributed by atoms with Gasteiger partial charge in [-0.3, -0.25) is 15.0 Å². The number of aromatic nitrogens is 1. The summed E-state index contributed by atoms with van der Waals surface area (Å²) in [4.78, 5) is 16.7. The summed E-state index contributed by atoms with van der Waals surface area (Å²) >= 11 is 6.40. The Morgan fingerprint density at radius 3 is 2.68 bits per heavy atom. The molecule has 1 saturated heterocycles. The molecule has 132 valence electrons. The summed E-state index contributed by atoms with van der Waals surface area (Å²) < 4.78 is 5.44. The lowest BCUT2D eigenvalue weighted by Gasteiger charge is -2.35. The van der Waals surface area contributed by atoms with Crippen molar-refractivity contribution in [2.24, 2.45) is 0 Å². The molecule has 3 rings (SSSR count). The van der Waals surface area contributed by atoms with Gasteiger partial charge in [0.1, 0.15) is 12.0 Å². The molecule has 0 spiro atoms. The number of ether oxygens (including phenoxy) is 1. The molecule has 1 aliphatic rings. The first-order valence-corrected chi connectivity index (χ1v) is 8.43. The van der Waals surface area contributed by atoms with Crippen molar-refractivity contribution in [3.8, 4) is 0 Å². The minimum atomic E-state index is -0.461. The van der Waals surface area contributed by atoms with Crippen LogP contribution in [0, 0.1) is 10.1 Å². The summed E-state index contributed by atoms with van der Waals surface area (Å²) in [7, 11) is 0. The molecule has 8 heteroatoms. The van der Waals surface area contributed by atoms with Gasteiger partial charge in [0.2, 0.25) is 0 Å². The Morgan fingerprint density at radius 2 is 2.04 bits per heavy atom. The maximum absolute atomic E-state index is 10.7. The SMILES string of the molecule is O=[N+]([O-])c1ccc(NC[C@H](c2ccccc2Cl)N2CCOCC2)nc1. The minimum absolute atomic E-state index is 0.0265. The average Bonchev–Trinajstić information content (AvgIpc) is 2.64. The lowest BCUT2D eigenvalue weighted by molar-refractivity contribution is -0.385. The third kappa shape index (κ3) is 4.45. The number of nitrogens with zero attached hydrogens (tertiary/aromatic N) is 3. The highest BCUT2D eigenvalue weighted by molar-refractivity contribution is 6.31. The number of benzene rings is 1. The second-order valence-electron chi connectivity index (χ2n) is 5.73. The fourth-order valence-electron chi connectivity index (χ4n) is 2.87. The highest BCUT2D eigenvalue weighted by Crippen LogP contribution is 2.28. The standard InChI is InChI=1S/C17H19ClN4O3/c18-15-4-2-1-3-14(15)16(21-7-9-25-10-8-21)12-20-17-6-5-13(11-19-17)22(23)24/h1-6,11,16H,7-10,12H2,(H,19,20)/t16-/m1/s1. The van der Waals surface area contributed by atoms with Crippen molar-refractivity contribution in [3.05, 3.63) is 63.3 Å². The predicted octanol–water partition coefficient (Wildman–Crippen LogP) is 3.13. The third-order valence-corrected chi connectivity index (χ3v) is 4.53. The van der Waals surface area contributed by atoms with Crippen LogP contribution in [0.2, 0.25) is 5.02 Å². The monoisotopic (exact) mass is 362 g/mol. The van der Waals surface area contributed by atoms with E-state index in [1.807, 2.05) is 24.3 Å². The molecular formula is C17H19ClN4O3. The average molecular weight is 363 g/mol. The molecule has 1 aliphatic heterocycles. The number of hydrogen-bond donors (Lipinski definition) is 1. The van der Waals surface area contributed by atoms with Gasteiger partial charge < -0.3 is 10.1 Å². The van der Waals surface area contributed by atoms with Crippen molar-refractivity contribution in [2.45, 2.75) is 6.04 Å². The topological polar surface area (TPSA) is 80.5 Å². The summed E-state index contributed by atoms with van der Waals surface area (Å²) in [5.74, 6) is 0.593. The molecular weight excluding hydrogens is 344 g/mol. The van der Waals surface area contributed by atoms with Crippen LogP contribution in [0.3, 0.4) is 0 Å². The summed E-state index contributed by atoms with van der Waals surface area (Å²) in [5, 5.41) is 14.7. The summed E-state index contributed by atoms with van der Waals surface area (Å²) in [5.41, 5.74) is 1.02. The maximum Gasteiger partial charge on any atom is 0.287 e. The van der Waals surface area contributed by atoms with Gasteiger partial charge in [-0.2, -0.15) is 0 Å². The fraction of sp³-hybridized carbons (Fsp3) is 0.353. The highest BCUT2D eigenvalue weighted by atomic mass is 35.5. The number of morpholine rings is 1. The zero-order valence-corrected chi connectivity index (χ0v) is 14.4. The van der Waals surface area contributed by atoms with Gasteiger partial charge in [-0.15, -0.1) is 0 Å². The highest BCUT2D eigenvalue weighted by Gasteiger charge is 2.24. The van der Waals surface area contributed by atoms with Gasteiger partial charge in [0.05, 0.1) is 24.2 Å². The first-order valence-electron chi connectivity index (χ1n) is 8.05. The molecule has 1 aromatic heterocycles.